The normalized spacial score (nSPS) is 12.3. The van der Waals surface area contributed by atoms with Crippen molar-refractivity contribution in [3.8, 4) is 0 Å². The molecule has 0 spiro atoms. The quantitative estimate of drug-likeness (QED) is 0.814. The fourth-order valence-corrected chi connectivity index (χ4v) is 3.80. The molecule has 1 unspecified atom stereocenters. The van der Waals surface area contributed by atoms with E-state index in [4.69, 9.17) is 23.2 Å². The summed E-state index contributed by atoms with van der Waals surface area (Å²) in [6.07, 6.45) is 4.05. The van der Waals surface area contributed by atoms with Gasteiger partial charge in [0.2, 0.25) is 0 Å². The summed E-state index contributed by atoms with van der Waals surface area (Å²) in [7, 11) is -1.05. The van der Waals surface area contributed by atoms with Gasteiger partial charge in [0.25, 0.3) is 0 Å². The number of pyridine rings is 1. The number of benzene rings is 1. The first-order chi connectivity index (χ1) is 9.60. The second-order valence-corrected chi connectivity index (χ2v) is 6.75. The largest absolute Gasteiger partial charge is 0.262 e. The van der Waals surface area contributed by atoms with Crippen LogP contribution in [0.3, 0.4) is 0 Å². The Kier molecular flexibility index (Phi) is 5.58. The van der Waals surface area contributed by atoms with Gasteiger partial charge in [0.15, 0.2) is 0 Å². The molecule has 0 aliphatic rings. The number of rotatable bonds is 5. The summed E-state index contributed by atoms with van der Waals surface area (Å²) in [5.74, 6) is 0.842. The van der Waals surface area contributed by atoms with E-state index in [1.165, 1.54) is 18.0 Å². The van der Waals surface area contributed by atoms with Crippen molar-refractivity contribution in [3.63, 3.8) is 0 Å². The number of hydrogen-bond acceptors (Lipinski definition) is 2. The average molecular weight is 328 g/mol. The Labute approximate surface area is 131 Å². The van der Waals surface area contributed by atoms with Crippen LogP contribution in [0.5, 0.6) is 0 Å². The van der Waals surface area contributed by atoms with Crippen LogP contribution in [-0.4, -0.2) is 9.19 Å². The van der Waals surface area contributed by atoms with Crippen LogP contribution in [0.2, 0.25) is 10.0 Å². The van der Waals surface area contributed by atoms with Crippen molar-refractivity contribution in [3.05, 3.63) is 63.4 Å². The molecule has 0 bridgehead atoms. The topological polar surface area (TPSA) is 30.0 Å². The van der Waals surface area contributed by atoms with E-state index in [1.807, 2.05) is 12.1 Å². The van der Waals surface area contributed by atoms with Gasteiger partial charge < -0.3 is 0 Å². The Morgan fingerprint density at radius 1 is 1.00 bits per heavy atom. The molecule has 0 amide bonds. The molecule has 0 aliphatic heterocycles. The second kappa shape index (κ2) is 7.21. The Hall–Kier alpha value is -0.900. The fourth-order valence-electron chi connectivity index (χ4n) is 1.85. The molecule has 0 saturated carbocycles. The molecule has 0 N–H and O–H groups in total. The Morgan fingerprint density at radius 3 is 2.10 bits per heavy atom. The summed E-state index contributed by atoms with van der Waals surface area (Å²) in [5.41, 5.74) is 3.04. The molecule has 1 aromatic carbocycles. The fraction of sp³-hybridized carbons (Fsp3) is 0.267. The maximum absolute atomic E-state index is 12.2. The van der Waals surface area contributed by atoms with E-state index in [1.54, 1.807) is 0 Å². The van der Waals surface area contributed by atoms with Gasteiger partial charge in [0.1, 0.15) is 0 Å². The maximum Gasteiger partial charge on any atom is 0.0645 e. The van der Waals surface area contributed by atoms with Gasteiger partial charge in [-0.05, 0) is 17.5 Å². The zero-order valence-electron chi connectivity index (χ0n) is 11.1. The molecule has 2 nitrogen and oxygen atoms in total. The Bertz CT molecular complexity index is 594. The SMILES string of the molecule is CCc1ccc(CS(=O)Cc2c(Cl)cncc2Cl)cc1. The van der Waals surface area contributed by atoms with Crippen LogP contribution in [-0.2, 0) is 28.7 Å². The number of halogens is 2. The van der Waals surface area contributed by atoms with Crippen molar-refractivity contribution < 1.29 is 4.21 Å². The molecule has 5 heteroatoms. The molecule has 2 rings (SSSR count). The third-order valence-corrected chi connectivity index (χ3v) is 4.93. The van der Waals surface area contributed by atoms with Crippen LogP contribution in [0.1, 0.15) is 23.6 Å². The van der Waals surface area contributed by atoms with E-state index in [0.717, 1.165) is 12.0 Å². The zero-order valence-corrected chi connectivity index (χ0v) is 13.4. The van der Waals surface area contributed by atoms with E-state index in [0.29, 0.717) is 27.1 Å². The van der Waals surface area contributed by atoms with Crippen LogP contribution in [0.4, 0.5) is 0 Å². The summed E-state index contributed by atoms with van der Waals surface area (Å²) < 4.78 is 12.2. The smallest absolute Gasteiger partial charge is 0.0645 e. The van der Waals surface area contributed by atoms with Crippen LogP contribution in [0.25, 0.3) is 0 Å². The third kappa shape index (κ3) is 4.05. The highest BCUT2D eigenvalue weighted by Gasteiger charge is 2.11. The van der Waals surface area contributed by atoms with Crippen molar-refractivity contribution in [2.75, 3.05) is 0 Å². The minimum atomic E-state index is -1.05. The lowest BCUT2D eigenvalue weighted by Gasteiger charge is -2.07. The molecule has 0 fully saturated rings. The lowest BCUT2D eigenvalue weighted by molar-refractivity contribution is 0.682. The van der Waals surface area contributed by atoms with Crippen molar-refractivity contribution in [1.29, 1.82) is 0 Å². The monoisotopic (exact) mass is 327 g/mol. The molecule has 0 saturated heterocycles. The van der Waals surface area contributed by atoms with Crippen LogP contribution < -0.4 is 0 Å². The lowest BCUT2D eigenvalue weighted by Crippen LogP contribution is -2.01. The average Bonchev–Trinajstić information content (AvgIpc) is 2.44. The molecule has 2 aromatic rings. The number of aryl methyl sites for hydroxylation is 1. The summed E-state index contributed by atoms with van der Waals surface area (Å²) in [6, 6.07) is 8.18. The van der Waals surface area contributed by atoms with Gasteiger partial charge in [-0.3, -0.25) is 9.19 Å². The van der Waals surface area contributed by atoms with Gasteiger partial charge in [-0.2, -0.15) is 0 Å². The summed E-state index contributed by atoms with van der Waals surface area (Å²) >= 11 is 12.1. The molecular weight excluding hydrogens is 313 g/mol. The first-order valence-corrected chi connectivity index (χ1v) is 8.55. The van der Waals surface area contributed by atoms with Crippen LogP contribution >= 0.6 is 23.2 Å². The first kappa shape index (κ1) is 15.5. The number of hydrogen-bond donors (Lipinski definition) is 0. The molecule has 0 aliphatic carbocycles. The predicted molar refractivity (Wildman–Crippen MR) is 85.6 cm³/mol. The highest BCUT2D eigenvalue weighted by molar-refractivity contribution is 7.83. The standard InChI is InChI=1S/C15H15Cl2NOS/c1-2-11-3-5-12(6-4-11)9-20(19)10-13-14(16)7-18-8-15(13)17/h3-8H,2,9-10H2,1H3. The number of nitrogens with zero attached hydrogens (tertiary/aromatic N) is 1. The van der Waals surface area contributed by atoms with E-state index in [2.05, 4.69) is 24.0 Å². The van der Waals surface area contributed by atoms with E-state index >= 15 is 0 Å². The summed E-state index contributed by atoms with van der Waals surface area (Å²) in [5, 5.41) is 0.930. The first-order valence-electron chi connectivity index (χ1n) is 6.30. The van der Waals surface area contributed by atoms with Gasteiger partial charge in [-0.25, -0.2) is 0 Å². The van der Waals surface area contributed by atoms with Crippen LogP contribution in [0, 0.1) is 0 Å². The third-order valence-electron chi connectivity index (χ3n) is 3.02. The summed E-state index contributed by atoms with van der Waals surface area (Å²) in [6.45, 7) is 2.11. The van der Waals surface area contributed by atoms with Gasteiger partial charge in [0, 0.05) is 34.5 Å². The maximum atomic E-state index is 12.2. The number of aromatic nitrogens is 1. The highest BCUT2D eigenvalue weighted by Crippen LogP contribution is 2.25. The highest BCUT2D eigenvalue weighted by atomic mass is 35.5. The van der Waals surface area contributed by atoms with Gasteiger partial charge in [-0.15, -0.1) is 0 Å². The van der Waals surface area contributed by atoms with Gasteiger partial charge in [0.05, 0.1) is 15.8 Å². The molecule has 106 valence electrons. The van der Waals surface area contributed by atoms with Gasteiger partial charge >= 0.3 is 0 Å². The molecule has 1 heterocycles. The molecule has 20 heavy (non-hydrogen) atoms. The van der Waals surface area contributed by atoms with E-state index < -0.39 is 10.8 Å². The van der Waals surface area contributed by atoms with Crippen molar-refractivity contribution >= 4 is 34.0 Å². The molecule has 1 aromatic heterocycles. The van der Waals surface area contributed by atoms with Crippen molar-refractivity contribution in [2.24, 2.45) is 0 Å². The van der Waals surface area contributed by atoms with Crippen molar-refractivity contribution in [1.82, 2.24) is 4.98 Å². The zero-order chi connectivity index (χ0) is 14.5. The molecule has 1 atom stereocenters. The summed E-state index contributed by atoms with van der Waals surface area (Å²) in [4.78, 5) is 3.89. The van der Waals surface area contributed by atoms with E-state index in [9.17, 15) is 4.21 Å². The molecule has 0 radical (unpaired) electrons. The molecular formula is C15H15Cl2NOS. The van der Waals surface area contributed by atoms with Crippen molar-refractivity contribution in [2.45, 2.75) is 24.9 Å². The second-order valence-electron chi connectivity index (χ2n) is 4.48. The van der Waals surface area contributed by atoms with Crippen LogP contribution in [0.15, 0.2) is 36.7 Å². The minimum Gasteiger partial charge on any atom is -0.262 e. The minimum absolute atomic E-state index is 0.343. The van der Waals surface area contributed by atoms with Gasteiger partial charge in [-0.1, -0.05) is 54.4 Å². The Balaban J connectivity index is 2.05. The van der Waals surface area contributed by atoms with E-state index in [-0.39, 0.29) is 0 Å². The lowest BCUT2D eigenvalue weighted by atomic mass is 10.1. The Morgan fingerprint density at radius 2 is 1.55 bits per heavy atom. The predicted octanol–water partition coefficient (Wildman–Crippen LogP) is 4.40.